The lowest BCUT2D eigenvalue weighted by Gasteiger charge is -2.35. The largest absolute Gasteiger partial charge is 0.393 e. The third-order valence-electron chi connectivity index (χ3n) is 4.77. The van der Waals surface area contributed by atoms with Crippen LogP contribution in [0.5, 0.6) is 0 Å². The summed E-state index contributed by atoms with van der Waals surface area (Å²) in [6, 6.07) is 8.81. The molecule has 0 unspecified atom stereocenters. The van der Waals surface area contributed by atoms with E-state index in [1.165, 1.54) is 6.07 Å². The molecule has 5 heteroatoms. The molecule has 2 aromatic rings. The molecule has 1 aliphatic rings. The van der Waals surface area contributed by atoms with E-state index in [0.29, 0.717) is 30.9 Å². The summed E-state index contributed by atoms with van der Waals surface area (Å²) in [6.07, 6.45) is 0.865. The highest BCUT2D eigenvalue weighted by Crippen LogP contribution is 2.24. The van der Waals surface area contributed by atoms with Gasteiger partial charge in [0.25, 0.3) is 0 Å². The molecular weight excluding hydrogens is 307 g/mol. The zero-order valence-electron chi connectivity index (χ0n) is 14.3. The molecule has 1 N–H and O–H groups in total. The Kier molecular flexibility index (Phi) is 5.31. The van der Waals surface area contributed by atoms with Crippen molar-refractivity contribution in [1.82, 2.24) is 10.1 Å². The van der Waals surface area contributed by atoms with Gasteiger partial charge in [-0.1, -0.05) is 37.2 Å². The first-order valence-corrected chi connectivity index (χ1v) is 8.62. The van der Waals surface area contributed by atoms with Gasteiger partial charge in [0.05, 0.1) is 18.3 Å². The third-order valence-corrected chi connectivity index (χ3v) is 4.77. The van der Waals surface area contributed by atoms with Crippen molar-refractivity contribution in [3.05, 3.63) is 53.2 Å². The van der Waals surface area contributed by atoms with Crippen LogP contribution in [0, 0.1) is 11.7 Å². The number of nitrogens with zero attached hydrogens (tertiary/aromatic N) is 2. The van der Waals surface area contributed by atoms with Crippen molar-refractivity contribution in [2.45, 2.75) is 45.3 Å². The SMILES string of the molecule is CC(C)c1cc(CN2CC[C@H](O)[C@H](Cc3ccccc3F)C2)on1. The smallest absolute Gasteiger partial charge is 0.150 e. The van der Waals surface area contributed by atoms with Crippen molar-refractivity contribution in [2.75, 3.05) is 13.1 Å². The van der Waals surface area contributed by atoms with E-state index in [0.717, 1.165) is 24.5 Å². The van der Waals surface area contributed by atoms with Crippen LogP contribution in [0.4, 0.5) is 4.39 Å². The Morgan fingerprint density at radius 1 is 1.38 bits per heavy atom. The molecule has 1 saturated heterocycles. The molecule has 0 bridgehead atoms. The van der Waals surface area contributed by atoms with Crippen molar-refractivity contribution >= 4 is 0 Å². The zero-order valence-corrected chi connectivity index (χ0v) is 14.3. The van der Waals surface area contributed by atoms with Crippen LogP contribution in [0.3, 0.4) is 0 Å². The van der Waals surface area contributed by atoms with Crippen LogP contribution in [-0.2, 0) is 13.0 Å². The average Bonchev–Trinajstić information content (AvgIpc) is 3.01. The molecule has 1 fully saturated rings. The van der Waals surface area contributed by atoms with Crippen LogP contribution < -0.4 is 0 Å². The zero-order chi connectivity index (χ0) is 17.1. The van der Waals surface area contributed by atoms with E-state index in [-0.39, 0.29) is 17.8 Å². The van der Waals surface area contributed by atoms with Gasteiger partial charge in [0.2, 0.25) is 0 Å². The Morgan fingerprint density at radius 2 is 2.17 bits per heavy atom. The van der Waals surface area contributed by atoms with Crippen LogP contribution in [-0.4, -0.2) is 34.4 Å². The summed E-state index contributed by atoms with van der Waals surface area (Å²) in [5.41, 5.74) is 1.63. The average molecular weight is 332 g/mol. The highest BCUT2D eigenvalue weighted by atomic mass is 19.1. The maximum Gasteiger partial charge on any atom is 0.150 e. The quantitative estimate of drug-likeness (QED) is 0.912. The predicted octanol–water partition coefficient (Wildman–Crippen LogP) is 3.36. The highest BCUT2D eigenvalue weighted by Gasteiger charge is 2.29. The van der Waals surface area contributed by atoms with E-state index in [1.54, 1.807) is 12.1 Å². The molecule has 0 radical (unpaired) electrons. The second kappa shape index (κ2) is 7.45. The molecule has 0 amide bonds. The maximum atomic E-state index is 13.9. The molecule has 130 valence electrons. The summed E-state index contributed by atoms with van der Waals surface area (Å²) < 4.78 is 19.3. The fraction of sp³-hybridized carbons (Fsp3) is 0.526. The fourth-order valence-corrected chi connectivity index (χ4v) is 3.28. The number of aliphatic hydroxyl groups excluding tert-OH is 1. The molecule has 0 aliphatic carbocycles. The molecule has 2 atom stereocenters. The van der Waals surface area contributed by atoms with Gasteiger partial charge in [0.1, 0.15) is 5.82 Å². The van der Waals surface area contributed by atoms with E-state index >= 15 is 0 Å². The molecule has 3 rings (SSSR count). The minimum absolute atomic E-state index is 0.0307. The number of rotatable bonds is 5. The van der Waals surface area contributed by atoms with Gasteiger partial charge < -0.3 is 9.63 Å². The van der Waals surface area contributed by atoms with Gasteiger partial charge >= 0.3 is 0 Å². The van der Waals surface area contributed by atoms with Crippen LogP contribution in [0.15, 0.2) is 34.9 Å². The van der Waals surface area contributed by atoms with Crippen LogP contribution in [0.2, 0.25) is 0 Å². The first kappa shape index (κ1) is 17.1. The van der Waals surface area contributed by atoms with Gasteiger partial charge in [-0.15, -0.1) is 0 Å². The standard InChI is InChI=1S/C19H25FN2O2/c1-13(2)18-10-16(24-21-18)12-22-8-7-19(23)15(11-22)9-14-5-3-4-6-17(14)20/h3-6,10,13,15,19,23H,7-9,11-12H2,1-2H3/t15-,19+/m1/s1. The molecular formula is C19H25FN2O2. The highest BCUT2D eigenvalue weighted by molar-refractivity contribution is 5.18. The lowest BCUT2D eigenvalue weighted by Crippen LogP contribution is -2.43. The number of piperidine rings is 1. The van der Waals surface area contributed by atoms with Crippen molar-refractivity contribution < 1.29 is 14.0 Å². The molecule has 2 heterocycles. The van der Waals surface area contributed by atoms with Gasteiger partial charge in [-0.2, -0.15) is 0 Å². The summed E-state index contributed by atoms with van der Waals surface area (Å²) in [5.74, 6) is 1.03. The minimum Gasteiger partial charge on any atom is -0.393 e. The normalized spacial score (nSPS) is 22.2. The number of hydrogen-bond donors (Lipinski definition) is 1. The summed E-state index contributed by atoms with van der Waals surface area (Å²) in [7, 11) is 0. The van der Waals surface area contributed by atoms with Crippen molar-refractivity contribution in [3.63, 3.8) is 0 Å². The second-order valence-corrected chi connectivity index (χ2v) is 7.02. The van der Waals surface area contributed by atoms with Gasteiger partial charge in [-0.05, 0) is 30.4 Å². The summed E-state index contributed by atoms with van der Waals surface area (Å²) in [4.78, 5) is 2.25. The molecule has 1 aromatic heterocycles. The Bertz CT molecular complexity index is 671. The molecule has 24 heavy (non-hydrogen) atoms. The first-order valence-electron chi connectivity index (χ1n) is 8.62. The summed E-state index contributed by atoms with van der Waals surface area (Å²) in [6.45, 7) is 6.40. The van der Waals surface area contributed by atoms with E-state index in [2.05, 4.69) is 23.9 Å². The van der Waals surface area contributed by atoms with E-state index in [1.807, 2.05) is 12.1 Å². The van der Waals surface area contributed by atoms with E-state index in [4.69, 9.17) is 4.52 Å². The first-order chi connectivity index (χ1) is 11.5. The van der Waals surface area contributed by atoms with Crippen LogP contribution >= 0.6 is 0 Å². The monoisotopic (exact) mass is 332 g/mol. The Labute approximate surface area is 142 Å². The Balaban J connectivity index is 1.63. The lowest BCUT2D eigenvalue weighted by molar-refractivity contribution is 0.0207. The predicted molar refractivity (Wildman–Crippen MR) is 90.1 cm³/mol. The van der Waals surface area contributed by atoms with E-state index in [9.17, 15) is 9.50 Å². The topological polar surface area (TPSA) is 49.5 Å². The van der Waals surface area contributed by atoms with E-state index < -0.39 is 0 Å². The molecule has 0 spiro atoms. The van der Waals surface area contributed by atoms with Gasteiger partial charge in [0.15, 0.2) is 5.76 Å². The summed E-state index contributed by atoms with van der Waals surface area (Å²) in [5, 5.41) is 14.4. The lowest BCUT2D eigenvalue weighted by atomic mass is 9.88. The number of benzene rings is 1. The number of hydrogen-bond acceptors (Lipinski definition) is 4. The number of aliphatic hydroxyl groups is 1. The summed E-state index contributed by atoms with van der Waals surface area (Å²) >= 11 is 0. The van der Waals surface area contributed by atoms with Gasteiger partial charge in [-0.3, -0.25) is 4.90 Å². The van der Waals surface area contributed by atoms with Crippen molar-refractivity contribution in [2.24, 2.45) is 5.92 Å². The van der Waals surface area contributed by atoms with Crippen molar-refractivity contribution in [3.8, 4) is 0 Å². The fourth-order valence-electron chi connectivity index (χ4n) is 3.28. The second-order valence-electron chi connectivity index (χ2n) is 7.02. The molecule has 1 aromatic carbocycles. The Hall–Kier alpha value is -1.72. The van der Waals surface area contributed by atoms with Crippen molar-refractivity contribution in [1.29, 1.82) is 0 Å². The molecule has 4 nitrogen and oxygen atoms in total. The van der Waals surface area contributed by atoms with Crippen LogP contribution in [0.25, 0.3) is 0 Å². The number of aromatic nitrogens is 1. The van der Waals surface area contributed by atoms with Gasteiger partial charge in [0, 0.05) is 25.1 Å². The molecule has 0 saturated carbocycles. The Morgan fingerprint density at radius 3 is 2.88 bits per heavy atom. The maximum absolute atomic E-state index is 13.9. The minimum atomic E-state index is -0.387. The van der Waals surface area contributed by atoms with Gasteiger partial charge in [-0.25, -0.2) is 4.39 Å². The number of likely N-dealkylation sites (tertiary alicyclic amines) is 1. The number of halogens is 1. The van der Waals surface area contributed by atoms with Crippen LogP contribution in [0.1, 0.15) is 43.2 Å². The molecule has 1 aliphatic heterocycles. The third kappa shape index (κ3) is 4.02.